The van der Waals surface area contributed by atoms with E-state index in [2.05, 4.69) is 0 Å². The molecule has 0 aliphatic carbocycles. The molecule has 0 aliphatic heterocycles. The third kappa shape index (κ3) is 4.34. The van der Waals surface area contributed by atoms with Crippen molar-refractivity contribution < 1.29 is 19.4 Å². The standard InChI is InChI=1S/C13H18O4/c1-13(2,8-12(14)15)9-17-11-7-5-4-6-10(11)16-3/h4-7H,8-9H2,1-3H3,(H,14,15). The largest absolute Gasteiger partial charge is 0.493 e. The number of carboxylic acid groups (broad SMARTS) is 1. The first-order valence-corrected chi connectivity index (χ1v) is 5.42. The fourth-order valence-corrected chi connectivity index (χ4v) is 1.47. The van der Waals surface area contributed by atoms with Crippen LogP contribution < -0.4 is 9.47 Å². The zero-order valence-corrected chi connectivity index (χ0v) is 10.4. The van der Waals surface area contributed by atoms with E-state index in [1.807, 2.05) is 26.0 Å². The van der Waals surface area contributed by atoms with Crippen LogP contribution in [0, 0.1) is 5.41 Å². The van der Waals surface area contributed by atoms with Crippen LogP contribution in [0.25, 0.3) is 0 Å². The highest BCUT2D eigenvalue weighted by molar-refractivity contribution is 5.67. The molecule has 4 nitrogen and oxygen atoms in total. The molecule has 0 radical (unpaired) electrons. The molecule has 0 amide bonds. The Bertz CT molecular complexity index is 385. The van der Waals surface area contributed by atoms with Gasteiger partial charge in [0.25, 0.3) is 0 Å². The normalized spacial score (nSPS) is 11.0. The Morgan fingerprint density at radius 2 is 1.88 bits per heavy atom. The maximum absolute atomic E-state index is 10.7. The molecule has 0 atom stereocenters. The maximum atomic E-state index is 10.7. The molecular weight excluding hydrogens is 220 g/mol. The Labute approximate surface area is 101 Å². The molecule has 0 saturated carbocycles. The number of para-hydroxylation sites is 2. The second-order valence-corrected chi connectivity index (χ2v) is 4.67. The first-order valence-electron chi connectivity index (χ1n) is 5.42. The van der Waals surface area contributed by atoms with Crippen LogP contribution >= 0.6 is 0 Å². The van der Waals surface area contributed by atoms with Crippen molar-refractivity contribution in [1.82, 2.24) is 0 Å². The SMILES string of the molecule is COc1ccccc1OCC(C)(C)CC(=O)O. The molecule has 1 N–H and O–H groups in total. The molecule has 4 heteroatoms. The summed E-state index contributed by atoms with van der Waals surface area (Å²) in [6, 6.07) is 7.31. The highest BCUT2D eigenvalue weighted by atomic mass is 16.5. The number of hydrogen-bond acceptors (Lipinski definition) is 3. The van der Waals surface area contributed by atoms with E-state index in [4.69, 9.17) is 14.6 Å². The molecule has 17 heavy (non-hydrogen) atoms. The van der Waals surface area contributed by atoms with E-state index in [-0.39, 0.29) is 6.42 Å². The Morgan fingerprint density at radius 1 is 1.29 bits per heavy atom. The van der Waals surface area contributed by atoms with Gasteiger partial charge >= 0.3 is 5.97 Å². The van der Waals surface area contributed by atoms with Gasteiger partial charge in [0.1, 0.15) is 0 Å². The molecule has 0 saturated heterocycles. The molecule has 1 aromatic rings. The predicted molar refractivity (Wildman–Crippen MR) is 64.5 cm³/mol. The van der Waals surface area contributed by atoms with Gasteiger partial charge in [-0.05, 0) is 12.1 Å². The lowest BCUT2D eigenvalue weighted by atomic mass is 9.91. The molecule has 0 bridgehead atoms. The van der Waals surface area contributed by atoms with Gasteiger partial charge in [0.2, 0.25) is 0 Å². The third-order valence-electron chi connectivity index (χ3n) is 2.32. The number of carbonyl (C=O) groups is 1. The van der Waals surface area contributed by atoms with Crippen molar-refractivity contribution in [3.05, 3.63) is 24.3 Å². The molecule has 1 rings (SSSR count). The van der Waals surface area contributed by atoms with Crippen LogP contribution in [0.2, 0.25) is 0 Å². The Kier molecular flexibility index (Phi) is 4.37. The quantitative estimate of drug-likeness (QED) is 0.827. The van der Waals surface area contributed by atoms with Crippen LogP contribution in [0.15, 0.2) is 24.3 Å². The van der Waals surface area contributed by atoms with Crippen LogP contribution in [0.4, 0.5) is 0 Å². The van der Waals surface area contributed by atoms with E-state index in [9.17, 15) is 4.79 Å². The monoisotopic (exact) mass is 238 g/mol. The van der Waals surface area contributed by atoms with E-state index in [1.54, 1.807) is 19.2 Å². The van der Waals surface area contributed by atoms with Crippen molar-refractivity contribution in [1.29, 1.82) is 0 Å². The lowest BCUT2D eigenvalue weighted by molar-refractivity contribution is -0.139. The minimum Gasteiger partial charge on any atom is -0.493 e. The maximum Gasteiger partial charge on any atom is 0.304 e. The highest BCUT2D eigenvalue weighted by Crippen LogP contribution is 2.29. The first-order chi connectivity index (χ1) is 7.94. The lowest BCUT2D eigenvalue weighted by Gasteiger charge is -2.23. The van der Waals surface area contributed by atoms with Crippen molar-refractivity contribution in [3.8, 4) is 11.5 Å². The molecule has 1 aromatic carbocycles. The number of rotatable bonds is 6. The summed E-state index contributed by atoms with van der Waals surface area (Å²) >= 11 is 0. The van der Waals surface area contributed by atoms with Gasteiger partial charge in [0, 0.05) is 5.41 Å². The summed E-state index contributed by atoms with van der Waals surface area (Å²) in [5.74, 6) is 0.464. The molecule has 0 aromatic heterocycles. The molecule has 0 unspecified atom stereocenters. The van der Waals surface area contributed by atoms with Crippen LogP contribution in [0.3, 0.4) is 0 Å². The minimum atomic E-state index is -0.821. The van der Waals surface area contributed by atoms with E-state index in [0.717, 1.165) is 0 Å². The summed E-state index contributed by atoms with van der Waals surface area (Å²) in [7, 11) is 1.57. The second-order valence-electron chi connectivity index (χ2n) is 4.67. The number of aliphatic carboxylic acids is 1. The van der Waals surface area contributed by atoms with Crippen molar-refractivity contribution in [2.75, 3.05) is 13.7 Å². The summed E-state index contributed by atoms with van der Waals surface area (Å²) in [4.78, 5) is 10.7. The van der Waals surface area contributed by atoms with Crippen LogP contribution in [0.1, 0.15) is 20.3 Å². The van der Waals surface area contributed by atoms with E-state index in [1.165, 1.54) is 0 Å². The van der Waals surface area contributed by atoms with E-state index in [0.29, 0.717) is 18.1 Å². The number of methoxy groups -OCH3 is 1. The first kappa shape index (κ1) is 13.4. The Morgan fingerprint density at radius 3 is 2.41 bits per heavy atom. The van der Waals surface area contributed by atoms with Gasteiger partial charge in [-0.1, -0.05) is 26.0 Å². The summed E-state index contributed by atoms with van der Waals surface area (Å²) in [5.41, 5.74) is -0.410. The van der Waals surface area contributed by atoms with Crippen molar-refractivity contribution in [2.24, 2.45) is 5.41 Å². The zero-order chi connectivity index (χ0) is 12.9. The summed E-state index contributed by atoms with van der Waals surface area (Å²) in [6.07, 6.45) is 0.0716. The Hall–Kier alpha value is -1.71. The molecule has 0 spiro atoms. The third-order valence-corrected chi connectivity index (χ3v) is 2.32. The van der Waals surface area contributed by atoms with Gasteiger partial charge in [0.05, 0.1) is 20.1 Å². The predicted octanol–water partition coefficient (Wildman–Crippen LogP) is 2.57. The van der Waals surface area contributed by atoms with Gasteiger partial charge in [-0.15, -0.1) is 0 Å². The minimum absolute atomic E-state index is 0.0716. The average molecular weight is 238 g/mol. The molecule has 0 aliphatic rings. The lowest BCUT2D eigenvalue weighted by Crippen LogP contribution is -2.24. The van der Waals surface area contributed by atoms with Gasteiger partial charge in [-0.25, -0.2) is 0 Å². The van der Waals surface area contributed by atoms with Crippen molar-refractivity contribution in [3.63, 3.8) is 0 Å². The Balaban J connectivity index is 2.63. The average Bonchev–Trinajstić information content (AvgIpc) is 2.25. The fourth-order valence-electron chi connectivity index (χ4n) is 1.47. The van der Waals surface area contributed by atoms with Crippen LogP contribution in [0.5, 0.6) is 11.5 Å². The number of benzene rings is 1. The number of carboxylic acids is 1. The fraction of sp³-hybridized carbons (Fsp3) is 0.462. The van der Waals surface area contributed by atoms with Crippen LogP contribution in [-0.2, 0) is 4.79 Å². The molecule has 0 heterocycles. The van der Waals surface area contributed by atoms with Gasteiger partial charge in [0.15, 0.2) is 11.5 Å². The van der Waals surface area contributed by atoms with Gasteiger partial charge in [-0.2, -0.15) is 0 Å². The van der Waals surface area contributed by atoms with E-state index < -0.39 is 11.4 Å². The van der Waals surface area contributed by atoms with Crippen molar-refractivity contribution >= 4 is 5.97 Å². The summed E-state index contributed by atoms with van der Waals surface area (Å²) in [5, 5.41) is 8.77. The zero-order valence-electron chi connectivity index (χ0n) is 10.4. The highest BCUT2D eigenvalue weighted by Gasteiger charge is 2.23. The van der Waals surface area contributed by atoms with Crippen LogP contribution in [-0.4, -0.2) is 24.8 Å². The molecule has 0 fully saturated rings. The second kappa shape index (κ2) is 5.57. The molecule has 94 valence electrons. The van der Waals surface area contributed by atoms with Gasteiger partial charge in [-0.3, -0.25) is 4.79 Å². The van der Waals surface area contributed by atoms with E-state index >= 15 is 0 Å². The van der Waals surface area contributed by atoms with Crippen molar-refractivity contribution in [2.45, 2.75) is 20.3 Å². The number of ether oxygens (including phenoxy) is 2. The topological polar surface area (TPSA) is 55.8 Å². The molecular formula is C13H18O4. The summed E-state index contributed by atoms with van der Waals surface area (Å²) < 4.78 is 10.8. The smallest absolute Gasteiger partial charge is 0.304 e. The number of hydrogen-bond donors (Lipinski definition) is 1. The van der Waals surface area contributed by atoms with Gasteiger partial charge < -0.3 is 14.6 Å². The summed E-state index contributed by atoms with van der Waals surface area (Å²) in [6.45, 7) is 4.05.